The summed E-state index contributed by atoms with van der Waals surface area (Å²) in [6.45, 7) is 3.37. The Morgan fingerprint density at radius 2 is 2.11 bits per heavy atom. The summed E-state index contributed by atoms with van der Waals surface area (Å²) in [7, 11) is 0. The summed E-state index contributed by atoms with van der Waals surface area (Å²) in [6.07, 6.45) is 10.0. The fourth-order valence-corrected chi connectivity index (χ4v) is 4.05. The quantitative estimate of drug-likeness (QED) is 0.703. The Morgan fingerprint density at radius 3 is 2.78 bits per heavy atom. The van der Waals surface area contributed by atoms with Crippen molar-refractivity contribution in [1.82, 2.24) is 5.32 Å². The van der Waals surface area contributed by atoms with E-state index in [1.54, 1.807) is 0 Å². The van der Waals surface area contributed by atoms with Gasteiger partial charge >= 0.3 is 0 Å². The maximum Gasteiger partial charge on any atom is 0.0474 e. The molecule has 0 aromatic rings. The zero-order valence-corrected chi connectivity index (χ0v) is 11.8. The Kier molecular flexibility index (Phi) is 5.05. The molecule has 18 heavy (non-hydrogen) atoms. The van der Waals surface area contributed by atoms with Gasteiger partial charge in [-0.05, 0) is 37.5 Å². The molecule has 0 aromatic heterocycles. The van der Waals surface area contributed by atoms with Crippen molar-refractivity contribution in [3.63, 3.8) is 0 Å². The Labute approximate surface area is 112 Å². The van der Waals surface area contributed by atoms with Gasteiger partial charge in [-0.3, -0.25) is 0 Å². The highest BCUT2D eigenvalue weighted by Crippen LogP contribution is 2.36. The van der Waals surface area contributed by atoms with E-state index in [1.807, 2.05) is 0 Å². The number of aliphatic hydroxyl groups is 1. The van der Waals surface area contributed by atoms with E-state index in [0.717, 1.165) is 12.5 Å². The average Bonchev–Trinajstić information content (AvgIpc) is 2.86. The van der Waals surface area contributed by atoms with E-state index in [-0.39, 0.29) is 5.54 Å². The van der Waals surface area contributed by atoms with Crippen molar-refractivity contribution < 1.29 is 5.11 Å². The van der Waals surface area contributed by atoms with Crippen molar-refractivity contribution in [2.75, 3.05) is 13.2 Å². The molecule has 0 amide bonds. The van der Waals surface area contributed by atoms with Gasteiger partial charge < -0.3 is 16.2 Å². The van der Waals surface area contributed by atoms with Crippen LogP contribution in [0, 0.1) is 11.8 Å². The first-order valence-corrected chi connectivity index (χ1v) is 7.81. The molecule has 3 heteroatoms. The summed E-state index contributed by atoms with van der Waals surface area (Å²) >= 11 is 0. The summed E-state index contributed by atoms with van der Waals surface area (Å²) in [5, 5.41) is 13.3. The SMILES string of the molecule is CCC1CCCC(CN)(NC2CCCC2CO)C1. The molecule has 4 N–H and O–H groups in total. The smallest absolute Gasteiger partial charge is 0.0474 e. The largest absolute Gasteiger partial charge is 0.396 e. The van der Waals surface area contributed by atoms with Crippen LogP contribution in [0.1, 0.15) is 58.3 Å². The number of hydrogen-bond donors (Lipinski definition) is 3. The summed E-state index contributed by atoms with van der Waals surface area (Å²) in [5.41, 5.74) is 6.25. The monoisotopic (exact) mass is 254 g/mol. The van der Waals surface area contributed by atoms with Crippen molar-refractivity contribution >= 4 is 0 Å². The van der Waals surface area contributed by atoms with Gasteiger partial charge in [0.25, 0.3) is 0 Å². The van der Waals surface area contributed by atoms with Crippen LogP contribution in [0.5, 0.6) is 0 Å². The number of rotatable bonds is 5. The second-order valence-corrected chi connectivity index (χ2v) is 6.48. The Balaban J connectivity index is 1.98. The summed E-state index contributed by atoms with van der Waals surface area (Å²) < 4.78 is 0. The van der Waals surface area contributed by atoms with Gasteiger partial charge in [-0.2, -0.15) is 0 Å². The minimum absolute atomic E-state index is 0.154. The molecule has 3 nitrogen and oxygen atoms in total. The van der Waals surface area contributed by atoms with Crippen molar-refractivity contribution in [1.29, 1.82) is 0 Å². The lowest BCUT2D eigenvalue weighted by Crippen LogP contribution is -2.58. The highest BCUT2D eigenvalue weighted by atomic mass is 16.3. The van der Waals surface area contributed by atoms with Crippen molar-refractivity contribution in [2.24, 2.45) is 17.6 Å². The lowest BCUT2D eigenvalue weighted by Gasteiger charge is -2.43. The van der Waals surface area contributed by atoms with Crippen molar-refractivity contribution in [3.05, 3.63) is 0 Å². The molecule has 0 radical (unpaired) electrons. The van der Waals surface area contributed by atoms with Crippen LogP contribution in [0.25, 0.3) is 0 Å². The fraction of sp³-hybridized carbons (Fsp3) is 1.00. The lowest BCUT2D eigenvalue weighted by molar-refractivity contribution is 0.133. The van der Waals surface area contributed by atoms with E-state index in [0.29, 0.717) is 18.6 Å². The third-order valence-electron chi connectivity index (χ3n) is 5.30. The predicted molar refractivity (Wildman–Crippen MR) is 75.4 cm³/mol. The fourth-order valence-electron chi connectivity index (χ4n) is 4.05. The zero-order valence-electron chi connectivity index (χ0n) is 11.8. The van der Waals surface area contributed by atoms with Gasteiger partial charge in [0.1, 0.15) is 0 Å². The highest BCUT2D eigenvalue weighted by molar-refractivity contribution is 4.98. The van der Waals surface area contributed by atoms with Gasteiger partial charge in [0.15, 0.2) is 0 Å². The van der Waals surface area contributed by atoms with E-state index in [4.69, 9.17) is 5.73 Å². The molecule has 0 saturated heterocycles. The molecule has 2 saturated carbocycles. The summed E-state index contributed by atoms with van der Waals surface area (Å²) in [5.74, 6) is 1.29. The van der Waals surface area contributed by atoms with Crippen LogP contribution in [0.15, 0.2) is 0 Å². The van der Waals surface area contributed by atoms with Crippen LogP contribution in [0.2, 0.25) is 0 Å². The van der Waals surface area contributed by atoms with E-state index in [1.165, 1.54) is 51.4 Å². The normalized spacial score (nSPS) is 41.2. The van der Waals surface area contributed by atoms with Crippen LogP contribution in [0.4, 0.5) is 0 Å². The van der Waals surface area contributed by atoms with Crippen LogP contribution in [0.3, 0.4) is 0 Å². The Bertz CT molecular complexity index is 259. The molecule has 2 aliphatic rings. The standard InChI is InChI=1S/C15H30N2O/c1-2-12-5-4-8-15(9-12,11-16)17-14-7-3-6-13(14)10-18/h12-14,17-18H,2-11,16H2,1H3. The predicted octanol–water partition coefficient (Wildman–Crippen LogP) is 2.03. The first-order chi connectivity index (χ1) is 8.73. The highest BCUT2D eigenvalue weighted by Gasteiger charge is 2.38. The minimum atomic E-state index is 0.154. The molecule has 4 unspecified atom stereocenters. The number of nitrogens with two attached hydrogens (primary N) is 1. The van der Waals surface area contributed by atoms with Gasteiger partial charge in [-0.15, -0.1) is 0 Å². The molecular weight excluding hydrogens is 224 g/mol. The number of aliphatic hydroxyl groups excluding tert-OH is 1. The van der Waals surface area contributed by atoms with Crippen LogP contribution >= 0.6 is 0 Å². The van der Waals surface area contributed by atoms with E-state index >= 15 is 0 Å². The average molecular weight is 254 g/mol. The molecule has 2 fully saturated rings. The summed E-state index contributed by atoms with van der Waals surface area (Å²) in [6, 6.07) is 0.495. The van der Waals surface area contributed by atoms with Crippen LogP contribution in [-0.4, -0.2) is 29.8 Å². The molecule has 4 atom stereocenters. The van der Waals surface area contributed by atoms with Crippen molar-refractivity contribution in [2.45, 2.75) is 69.9 Å². The molecule has 0 aromatic carbocycles. The topological polar surface area (TPSA) is 58.3 Å². The maximum atomic E-state index is 9.45. The summed E-state index contributed by atoms with van der Waals surface area (Å²) in [4.78, 5) is 0. The van der Waals surface area contributed by atoms with Gasteiger partial charge in [0.05, 0.1) is 0 Å². The van der Waals surface area contributed by atoms with Crippen molar-refractivity contribution in [3.8, 4) is 0 Å². The van der Waals surface area contributed by atoms with E-state index in [9.17, 15) is 5.11 Å². The molecular formula is C15H30N2O. The Morgan fingerprint density at radius 1 is 1.28 bits per heavy atom. The first-order valence-electron chi connectivity index (χ1n) is 7.81. The van der Waals surface area contributed by atoms with Gasteiger partial charge in [0.2, 0.25) is 0 Å². The second kappa shape index (κ2) is 6.36. The minimum Gasteiger partial charge on any atom is -0.396 e. The molecule has 0 heterocycles. The van der Waals surface area contributed by atoms with Gasteiger partial charge in [-0.25, -0.2) is 0 Å². The molecule has 2 aliphatic carbocycles. The first kappa shape index (κ1) is 14.3. The second-order valence-electron chi connectivity index (χ2n) is 6.48. The molecule has 0 spiro atoms. The molecule has 0 aliphatic heterocycles. The third-order valence-corrected chi connectivity index (χ3v) is 5.30. The number of nitrogens with one attached hydrogen (secondary N) is 1. The van der Waals surface area contributed by atoms with E-state index in [2.05, 4.69) is 12.2 Å². The number of hydrogen-bond acceptors (Lipinski definition) is 3. The van der Waals surface area contributed by atoms with E-state index < -0.39 is 0 Å². The Hall–Kier alpha value is -0.120. The molecule has 2 rings (SSSR count). The molecule has 0 bridgehead atoms. The van der Waals surface area contributed by atoms with Crippen LogP contribution < -0.4 is 11.1 Å². The molecule has 106 valence electrons. The van der Waals surface area contributed by atoms with Gasteiger partial charge in [0, 0.05) is 24.7 Å². The lowest BCUT2D eigenvalue weighted by atomic mass is 9.74. The van der Waals surface area contributed by atoms with Crippen LogP contribution in [-0.2, 0) is 0 Å². The van der Waals surface area contributed by atoms with Gasteiger partial charge in [-0.1, -0.05) is 32.6 Å². The zero-order chi connectivity index (χ0) is 13.0. The maximum absolute atomic E-state index is 9.45. The third kappa shape index (κ3) is 3.06.